The highest BCUT2D eigenvalue weighted by molar-refractivity contribution is 5.78. The third-order valence-corrected chi connectivity index (χ3v) is 2.56. The van der Waals surface area contributed by atoms with Gasteiger partial charge in [-0.3, -0.25) is 4.79 Å². The van der Waals surface area contributed by atoms with Crippen LogP contribution in [0.3, 0.4) is 0 Å². The molecule has 6 heteroatoms. The third kappa shape index (κ3) is 5.34. The van der Waals surface area contributed by atoms with Crippen LogP contribution in [-0.2, 0) is 4.79 Å². The Kier molecular flexibility index (Phi) is 5.05. The predicted octanol–water partition coefficient (Wildman–Crippen LogP) is 1.54. The number of likely N-dealkylation sites (tertiary alicyclic amines) is 1. The first-order valence-corrected chi connectivity index (χ1v) is 5.54. The fraction of sp³-hybridized carbons (Fsp3) is 0.900. The Balaban J connectivity index is 2.23. The molecule has 0 aliphatic carbocycles. The Morgan fingerprint density at radius 2 is 1.69 bits per heavy atom. The molecule has 0 spiro atoms. The van der Waals surface area contributed by atoms with E-state index >= 15 is 0 Å². The maximum absolute atomic E-state index is 11.8. The minimum atomic E-state index is -4.25. The fourth-order valence-corrected chi connectivity index (χ4v) is 1.74. The van der Waals surface area contributed by atoms with Crippen molar-refractivity contribution in [2.24, 2.45) is 0 Å². The summed E-state index contributed by atoms with van der Waals surface area (Å²) in [5, 5.41) is 2.13. The molecule has 1 rings (SSSR count). The fourth-order valence-electron chi connectivity index (χ4n) is 1.74. The van der Waals surface area contributed by atoms with Gasteiger partial charge in [-0.2, -0.15) is 13.2 Å². The lowest BCUT2D eigenvalue weighted by molar-refractivity contribution is -0.134. The molecule has 1 saturated heterocycles. The van der Waals surface area contributed by atoms with Crippen molar-refractivity contribution >= 4 is 5.91 Å². The molecule has 0 radical (unpaired) electrons. The van der Waals surface area contributed by atoms with Gasteiger partial charge < -0.3 is 10.2 Å². The highest BCUT2D eigenvalue weighted by atomic mass is 19.4. The Morgan fingerprint density at radius 3 is 2.19 bits per heavy atom. The molecule has 0 unspecified atom stereocenters. The van der Waals surface area contributed by atoms with Crippen LogP contribution in [0.2, 0.25) is 0 Å². The average molecular weight is 238 g/mol. The van der Waals surface area contributed by atoms with Crippen molar-refractivity contribution in [3.63, 3.8) is 0 Å². The summed E-state index contributed by atoms with van der Waals surface area (Å²) in [4.78, 5) is 13.2. The van der Waals surface area contributed by atoms with Gasteiger partial charge in [-0.25, -0.2) is 0 Å². The quantitative estimate of drug-likeness (QED) is 0.809. The van der Waals surface area contributed by atoms with Gasteiger partial charge in [0.05, 0.1) is 13.1 Å². The van der Waals surface area contributed by atoms with Gasteiger partial charge in [0.15, 0.2) is 0 Å². The zero-order valence-electron chi connectivity index (χ0n) is 9.15. The van der Waals surface area contributed by atoms with Crippen molar-refractivity contribution in [3.8, 4) is 0 Å². The van der Waals surface area contributed by atoms with E-state index in [9.17, 15) is 18.0 Å². The van der Waals surface area contributed by atoms with E-state index in [1.54, 1.807) is 4.90 Å². The van der Waals surface area contributed by atoms with Crippen LogP contribution in [0.25, 0.3) is 0 Å². The van der Waals surface area contributed by atoms with Crippen LogP contribution < -0.4 is 5.32 Å². The van der Waals surface area contributed by atoms with Crippen LogP contribution in [0.5, 0.6) is 0 Å². The molecule has 0 aromatic heterocycles. The maximum Gasteiger partial charge on any atom is 0.401 e. The monoisotopic (exact) mass is 238 g/mol. The Labute approximate surface area is 93.0 Å². The first kappa shape index (κ1) is 13.3. The minimum absolute atomic E-state index is 0.223. The van der Waals surface area contributed by atoms with Crippen LogP contribution in [-0.4, -0.2) is 43.2 Å². The second-order valence-corrected chi connectivity index (χ2v) is 4.01. The largest absolute Gasteiger partial charge is 0.401 e. The van der Waals surface area contributed by atoms with Gasteiger partial charge in [0, 0.05) is 13.1 Å². The van der Waals surface area contributed by atoms with Gasteiger partial charge >= 0.3 is 6.18 Å². The van der Waals surface area contributed by atoms with E-state index in [-0.39, 0.29) is 12.5 Å². The summed E-state index contributed by atoms with van der Waals surface area (Å²) in [6.07, 6.45) is -0.158. The third-order valence-electron chi connectivity index (χ3n) is 2.56. The number of carbonyl (C=O) groups excluding carboxylic acids is 1. The normalized spacial score (nSPS) is 18.3. The highest BCUT2D eigenvalue weighted by Gasteiger charge is 2.27. The number of amides is 1. The number of alkyl halides is 3. The molecule has 0 aromatic rings. The summed E-state index contributed by atoms with van der Waals surface area (Å²) in [7, 11) is 0. The number of rotatable bonds is 3. The van der Waals surface area contributed by atoms with Crippen LogP contribution in [0.15, 0.2) is 0 Å². The van der Waals surface area contributed by atoms with Crippen molar-refractivity contribution in [2.75, 3.05) is 26.2 Å². The molecular formula is C10H17F3N2O. The summed E-state index contributed by atoms with van der Waals surface area (Å²) >= 11 is 0. The Bertz CT molecular complexity index is 223. The molecule has 3 nitrogen and oxygen atoms in total. The van der Waals surface area contributed by atoms with E-state index < -0.39 is 12.7 Å². The summed E-state index contributed by atoms with van der Waals surface area (Å²) in [5.41, 5.74) is 0. The van der Waals surface area contributed by atoms with E-state index in [1.165, 1.54) is 0 Å². The van der Waals surface area contributed by atoms with Gasteiger partial charge in [0.25, 0.3) is 0 Å². The molecule has 0 atom stereocenters. The maximum atomic E-state index is 11.8. The molecule has 0 saturated carbocycles. The smallest absolute Gasteiger partial charge is 0.342 e. The van der Waals surface area contributed by atoms with Gasteiger partial charge in [-0.05, 0) is 12.8 Å². The van der Waals surface area contributed by atoms with Gasteiger partial charge in [0.2, 0.25) is 5.91 Å². The zero-order chi connectivity index (χ0) is 12.0. The van der Waals surface area contributed by atoms with Gasteiger partial charge in [0.1, 0.15) is 0 Å². The van der Waals surface area contributed by atoms with Crippen LogP contribution >= 0.6 is 0 Å². The molecule has 1 heterocycles. The molecule has 1 aliphatic rings. The van der Waals surface area contributed by atoms with Gasteiger partial charge in [-0.1, -0.05) is 12.8 Å². The highest BCUT2D eigenvalue weighted by Crippen LogP contribution is 2.12. The number of carbonyl (C=O) groups is 1. The molecular weight excluding hydrogens is 221 g/mol. The average Bonchev–Trinajstić information content (AvgIpc) is 2.43. The molecule has 1 N–H and O–H groups in total. The lowest BCUT2D eigenvalue weighted by Gasteiger charge is -2.20. The van der Waals surface area contributed by atoms with Crippen molar-refractivity contribution in [1.82, 2.24) is 10.2 Å². The topological polar surface area (TPSA) is 32.3 Å². The molecule has 94 valence electrons. The summed E-state index contributed by atoms with van der Waals surface area (Å²) in [5.74, 6) is -0.230. The Morgan fingerprint density at radius 1 is 1.12 bits per heavy atom. The van der Waals surface area contributed by atoms with Crippen molar-refractivity contribution in [3.05, 3.63) is 0 Å². The second kappa shape index (κ2) is 6.08. The molecule has 1 aliphatic heterocycles. The van der Waals surface area contributed by atoms with Crippen LogP contribution in [0.1, 0.15) is 25.7 Å². The molecule has 0 aromatic carbocycles. The number of hydrogen-bond donors (Lipinski definition) is 1. The number of nitrogens with one attached hydrogen (secondary N) is 1. The van der Waals surface area contributed by atoms with E-state index in [0.717, 1.165) is 25.7 Å². The summed E-state index contributed by atoms with van der Waals surface area (Å²) in [6, 6.07) is 0. The predicted molar refractivity (Wildman–Crippen MR) is 54.0 cm³/mol. The van der Waals surface area contributed by atoms with E-state index in [4.69, 9.17) is 0 Å². The van der Waals surface area contributed by atoms with Crippen molar-refractivity contribution < 1.29 is 18.0 Å². The van der Waals surface area contributed by atoms with E-state index in [1.807, 2.05) is 0 Å². The van der Waals surface area contributed by atoms with Crippen LogP contribution in [0, 0.1) is 0 Å². The molecule has 1 fully saturated rings. The SMILES string of the molecule is O=C(CNCC(F)(F)F)N1CCCCCC1. The standard InChI is InChI=1S/C10H17F3N2O/c11-10(12,13)8-14-7-9(16)15-5-3-1-2-4-6-15/h14H,1-8H2. The van der Waals surface area contributed by atoms with Crippen molar-refractivity contribution in [2.45, 2.75) is 31.9 Å². The van der Waals surface area contributed by atoms with E-state index in [0.29, 0.717) is 13.1 Å². The Hall–Kier alpha value is -0.780. The lowest BCUT2D eigenvalue weighted by Crippen LogP contribution is -2.41. The number of nitrogens with zero attached hydrogens (tertiary/aromatic N) is 1. The number of halogens is 3. The second-order valence-electron chi connectivity index (χ2n) is 4.01. The van der Waals surface area contributed by atoms with Gasteiger partial charge in [-0.15, -0.1) is 0 Å². The minimum Gasteiger partial charge on any atom is -0.342 e. The summed E-state index contributed by atoms with van der Waals surface area (Å²) < 4.78 is 35.5. The van der Waals surface area contributed by atoms with Crippen molar-refractivity contribution in [1.29, 1.82) is 0 Å². The van der Waals surface area contributed by atoms with Crippen LogP contribution in [0.4, 0.5) is 13.2 Å². The molecule has 16 heavy (non-hydrogen) atoms. The van der Waals surface area contributed by atoms with E-state index in [2.05, 4.69) is 5.32 Å². The lowest BCUT2D eigenvalue weighted by atomic mass is 10.2. The molecule has 1 amide bonds. The number of hydrogen-bond acceptors (Lipinski definition) is 2. The summed E-state index contributed by atoms with van der Waals surface area (Å²) in [6.45, 7) is 0.0190. The molecule has 0 bridgehead atoms. The zero-order valence-corrected chi connectivity index (χ0v) is 9.15. The first-order valence-electron chi connectivity index (χ1n) is 5.54. The first-order chi connectivity index (χ1) is 7.49.